The van der Waals surface area contributed by atoms with Crippen LogP contribution in [0.1, 0.15) is 49.3 Å². The van der Waals surface area contributed by atoms with E-state index in [9.17, 15) is 9.90 Å². The van der Waals surface area contributed by atoms with Crippen molar-refractivity contribution in [3.63, 3.8) is 0 Å². The van der Waals surface area contributed by atoms with Gasteiger partial charge in [-0.2, -0.15) is 0 Å². The summed E-state index contributed by atoms with van der Waals surface area (Å²) in [5.41, 5.74) is 2.80. The summed E-state index contributed by atoms with van der Waals surface area (Å²) in [5.74, 6) is -0.0340. The summed E-state index contributed by atoms with van der Waals surface area (Å²) in [7, 11) is 1.40. The van der Waals surface area contributed by atoms with Gasteiger partial charge in [0, 0.05) is 33.6 Å². The monoisotopic (exact) mass is 421 g/mol. The first-order valence-electron chi connectivity index (χ1n) is 9.22. The number of hydrogen-bond donors (Lipinski definition) is 1. The number of halogens is 2. The average molecular weight is 422 g/mol. The van der Waals surface area contributed by atoms with Crippen LogP contribution in [0.25, 0.3) is 0 Å². The Labute approximate surface area is 176 Å². The van der Waals surface area contributed by atoms with Crippen molar-refractivity contribution in [1.29, 1.82) is 0 Å². The van der Waals surface area contributed by atoms with Crippen molar-refractivity contribution in [2.24, 2.45) is 4.99 Å². The Kier molecular flexibility index (Phi) is 8.34. The highest BCUT2D eigenvalue weighted by Gasteiger charge is 2.16. The lowest BCUT2D eigenvalue weighted by molar-refractivity contribution is -0.140. The Morgan fingerprint density at radius 2 is 1.82 bits per heavy atom. The minimum Gasteiger partial charge on any atom is -0.507 e. The topological polar surface area (TPSA) is 58.9 Å². The van der Waals surface area contributed by atoms with Crippen molar-refractivity contribution >= 4 is 34.9 Å². The van der Waals surface area contributed by atoms with E-state index in [1.165, 1.54) is 7.11 Å². The lowest BCUT2D eigenvalue weighted by atomic mass is 9.98. The van der Waals surface area contributed by atoms with Crippen molar-refractivity contribution in [3.8, 4) is 5.75 Å². The minimum absolute atomic E-state index is 0.00186. The predicted octanol–water partition coefficient (Wildman–Crippen LogP) is 5.97. The fourth-order valence-corrected chi connectivity index (χ4v) is 3.32. The van der Waals surface area contributed by atoms with E-state index < -0.39 is 0 Å². The third-order valence-electron chi connectivity index (χ3n) is 4.47. The van der Waals surface area contributed by atoms with E-state index in [1.54, 1.807) is 31.2 Å². The number of benzene rings is 2. The van der Waals surface area contributed by atoms with Gasteiger partial charge in [-0.15, -0.1) is 0 Å². The van der Waals surface area contributed by atoms with Gasteiger partial charge < -0.3 is 9.84 Å². The summed E-state index contributed by atoms with van der Waals surface area (Å²) in [6.45, 7) is 3.82. The van der Waals surface area contributed by atoms with Gasteiger partial charge in [0.05, 0.1) is 12.8 Å². The molecule has 0 saturated carbocycles. The van der Waals surface area contributed by atoms with E-state index in [1.807, 2.05) is 19.1 Å². The van der Waals surface area contributed by atoms with E-state index in [-0.39, 0.29) is 17.8 Å². The number of phenols is 1. The second kappa shape index (κ2) is 10.5. The molecule has 0 aliphatic carbocycles. The molecular formula is C22H25Cl2NO3. The number of carbonyl (C=O) groups excluding carboxylic acids is 1. The molecular weight excluding hydrogens is 397 g/mol. The minimum atomic E-state index is -0.197. The summed E-state index contributed by atoms with van der Waals surface area (Å²) >= 11 is 12.3. The fraction of sp³-hybridized carbons (Fsp3) is 0.364. The highest BCUT2D eigenvalue weighted by molar-refractivity contribution is 6.32. The van der Waals surface area contributed by atoms with Crippen molar-refractivity contribution in [2.45, 2.75) is 45.6 Å². The van der Waals surface area contributed by atoms with Crippen LogP contribution in [0.3, 0.4) is 0 Å². The van der Waals surface area contributed by atoms with Crippen molar-refractivity contribution in [2.75, 3.05) is 7.11 Å². The second-order valence-electron chi connectivity index (χ2n) is 6.77. The third kappa shape index (κ3) is 6.25. The van der Waals surface area contributed by atoms with Crippen LogP contribution in [-0.2, 0) is 9.53 Å². The number of unbranched alkanes of at least 4 members (excludes halogenated alkanes) is 1. The van der Waals surface area contributed by atoms with E-state index in [0.29, 0.717) is 33.3 Å². The number of rotatable bonds is 8. The molecule has 28 heavy (non-hydrogen) atoms. The van der Waals surface area contributed by atoms with Gasteiger partial charge in [-0.25, -0.2) is 0 Å². The number of esters is 1. The zero-order valence-corrected chi connectivity index (χ0v) is 17.8. The fourth-order valence-electron chi connectivity index (χ4n) is 2.92. The Morgan fingerprint density at radius 3 is 2.46 bits per heavy atom. The highest BCUT2D eigenvalue weighted by Crippen LogP contribution is 2.30. The van der Waals surface area contributed by atoms with Crippen LogP contribution in [0.2, 0.25) is 10.0 Å². The Bertz CT molecular complexity index is 848. The zero-order valence-electron chi connectivity index (χ0n) is 16.3. The molecule has 2 aromatic carbocycles. The largest absolute Gasteiger partial charge is 0.507 e. The first kappa shape index (κ1) is 22.3. The number of methoxy groups -OCH3 is 1. The van der Waals surface area contributed by atoms with Crippen molar-refractivity contribution < 1.29 is 14.6 Å². The van der Waals surface area contributed by atoms with Gasteiger partial charge in [-0.3, -0.25) is 9.79 Å². The third-order valence-corrected chi connectivity index (χ3v) is 4.94. The molecule has 0 bridgehead atoms. The maximum Gasteiger partial charge on any atom is 0.305 e. The maximum atomic E-state index is 11.2. The SMILES string of the molecule is COC(=O)CCCCC(C)N=C(c1ccc(Cl)cc1)c1cc(Cl)cc(C)c1O. The molecule has 1 unspecified atom stereocenters. The molecule has 0 fully saturated rings. The molecule has 1 N–H and O–H groups in total. The normalized spacial score (nSPS) is 12.7. The molecule has 0 amide bonds. The molecule has 0 radical (unpaired) electrons. The van der Waals surface area contributed by atoms with Gasteiger partial charge in [0.15, 0.2) is 0 Å². The highest BCUT2D eigenvalue weighted by atomic mass is 35.5. The van der Waals surface area contributed by atoms with Gasteiger partial charge in [-0.1, -0.05) is 41.8 Å². The van der Waals surface area contributed by atoms with Crippen molar-refractivity contribution in [3.05, 3.63) is 63.1 Å². The van der Waals surface area contributed by atoms with Gasteiger partial charge in [0.1, 0.15) is 5.75 Å². The number of aliphatic imine (C=N–C) groups is 1. The summed E-state index contributed by atoms with van der Waals surface area (Å²) in [5, 5.41) is 11.8. The number of aryl methyl sites for hydroxylation is 1. The molecule has 0 aliphatic heterocycles. The maximum absolute atomic E-state index is 11.2. The molecule has 2 rings (SSSR count). The summed E-state index contributed by atoms with van der Waals surface area (Å²) in [6, 6.07) is 10.8. The van der Waals surface area contributed by atoms with E-state index >= 15 is 0 Å². The van der Waals surface area contributed by atoms with Crippen LogP contribution < -0.4 is 0 Å². The molecule has 0 heterocycles. The number of nitrogens with zero attached hydrogens (tertiary/aromatic N) is 1. The lowest BCUT2D eigenvalue weighted by Crippen LogP contribution is -2.10. The Hall–Kier alpha value is -2.04. The van der Waals surface area contributed by atoms with Crippen LogP contribution in [0.15, 0.2) is 41.4 Å². The average Bonchev–Trinajstić information content (AvgIpc) is 2.67. The molecule has 0 aliphatic rings. The van der Waals surface area contributed by atoms with E-state index in [0.717, 1.165) is 24.8 Å². The van der Waals surface area contributed by atoms with Gasteiger partial charge in [0.2, 0.25) is 0 Å². The van der Waals surface area contributed by atoms with Crippen LogP contribution in [0, 0.1) is 6.92 Å². The Balaban J connectivity index is 2.30. The number of carbonyl (C=O) groups is 1. The molecule has 6 heteroatoms. The first-order chi connectivity index (χ1) is 13.3. The van der Waals surface area contributed by atoms with Crippen LogP contribution >= 0.6 is 23.2 Å². The van der Waals surface area contributed by atoms with Gasteiger partial charge in [0.25, 0.3) is 0 Å². The molecule has 0 saturated heterocycles. The van der Waals surface area contributed by atoms with Crippen LogP contribution in [0.5, 0.6) is 5.75 Å². The summed E-state index contributed by atoms with van der Waals surface area (Å²) in [4.78, 5) is 16.1. The summed E-state index contributed by atoms with van der Waals surface area (Å²) < 4.78 is 4.67. The zero-order chi connectivity index (χ0) is 20.7. The van der Waals surface area contributed by atoms with E-state index in [4.69, 9.17) is 28.2 Å². The molecule has 2 aromatic rings. The molecule has 150 valence electrons. The smallest absolute Gasteiger partial charge is 0.305 e. The second-order valence-corrected chi connectivity index (χ2v) is 7.65. The lowest BCUT2D eigenvalue weighted by Gasteiger charge is -2.15. The molecule has 0 spiro atoms. The number of hydrogen-bond acceptors (Lipinski definition) is 4. The number of aromatic hydroxyl groups is 1. The number of phenolic OH excluding ortho intramolecular Hbond substituents is 1. The first-order valence-corrected chi connectivity index (χ1v) is 9.97. The van der Waals surface area contributed by atoms with Crippen LogP contribution in [0.4, 0.5) is 0 Å². The molecule has 4 nitrogen and oxygen atoms in total. The quantitative estimate of drug-likeness (QED) is 0.324. The van der Waals surface area contributed by atoms with Gasteiger partial charge >= 0.3 is 5.97 Å². The molecule has 0 aromatic heterocycles. The predicted molar refractivity (Wildman–Crippen MR) is 115 cm³/mol. The Morgan fingerprint density at radius 1 is 1.14 bits per heavy atom. The number of ether oxygens (including phenoxy) is 1. The van der Waals surface area contributed by atoms with Crippen molar-refractivity contribution in [1.82, 2.24) is 0 Å². The van der Waals surface area contributed by atoms with Gasteiger partial charge in [-0.05, 0) is 56.5 Å². The summed E-state index contributed by atoms with van der Waals surface area (Å²) in [6.07, 6.45) is 2.83. The van der Waals surface area contributed by atoms with E-state index in [2.05, 4.69) is 4.74 Å². The standard InChI is InChI=1S/C22H25Cl2NO3/c1-14-12-18(24)13-19(22(14)27)21(16-8-10-17(23)11-9-16)25-15(2)6-4-5-7-20(26)28-3/h8-13,15,27H,4-7H2,1-3H3. The molecule has 1 atom stereocenters. The van der Waals surface area contributed by atoms with Crippen LogP contribution in [-0.4, -0.2) is 29.9 Å².